The number of aromatic nitrogens is 1. The van der Waals surface area contributed by atoms with Crippen LogP contribution in [0.5, 0.6) is 0 Å². The van der Waals surface area contributed by atoms with Crippen LogP contribution in [0, 0.1) is 0 Å². The Morgan fingerprint density at radius 3 is 2.50 bits per heavy atom. The van der Waals surface area contributed by atoms with Gasteiger partial charge in [-0.15, -0.1) is 0 Å². The predicted octanol–water partition coefficient (Wildman–Crippen LogP) is 1.61. The number of aliphatic hydroxyl groups excluding tert-OH is 1. The SMILES string of the molecule is CC1(C)OB(c2cnc(Cl)c(N3CCC(O)C3)c2)OC1(C)C. The Morgan fingerprint density at radius 2 is 1.95 bits per heavy atom. The molecule has 2 aliphatic heterocycles. The average Bonchev–Trinajstić information content (AvgIpc) is 2.92. The Hall–Kier alpha value is -0.815. The fourth-order valence-electron chi connectivity index (χ4n) is 2.74. The van der Waals surface area contributed by atoms with Crippen molar-refractivity contribution in [3.05, 3.63) is 17.4 Å². The van der Waals surface area contributed by atoms with Gasteiger partial charge in [-0.3, -0.25) is 0 Å². The van der Waals surface area contributed by atoms with E-state index in [1.807, 2.05) is 33.8 Å². The Morgan fingerprint density at radius 1 is 1.32 bits per heavy atom. The van der Waals surface area contributed by atoms with Crippen LogP contribution < -0.4 is 10.4 Å². The lowest BCUT2D eigenvalue weighted by Gasteiger charge is -2.32. The highest BCUT2D eigenvalue weighted by molar-refractivity contribution is 6.62. The van der Waals surface area contributed by atoms with Crippen LogP contribution in [0.4, 0.5) is 5.69 Å². The van der Waals surface area contributed by atoms with Crippen molar-refractivity contribution in [2.75, 3.05) is 18.0 Å². The molecular weight excluding hydrogens is 302 g/mol. The minimum atomic E-state index is -0.457. The van der Waals surface area contributed by atoms with Gasteiger partial charge in [0.25, 0.3) is 0 Å². The molecule has 120 valence electrons. The minimum Gasteiger partial charge on any atom is -0.399 e. The highest BCUT2D eigenvalue weighted by Crippen LogP contribution is 2.37. The van der Waals surface area contributed by atoms with Gasteiger partial charge in [-0.1, -0.05) is 11.6 Å². The van der Waals surface area contributed by atoms with E-state index >= 15 is 0 Å². The van der Waals surface area contributed by atoms with Gasteiger partial charge >= 0.3 is 7.12 Å². The molecule has 0 bridgehead atoms. The summed E-state index contributed by atoms with van der Waals surface area (Å²) < 4.78 is 12.1. The Balaban J connectivity index is 1.87. The van der Waals surface area contributed by atoms with Crippen LogP contribution >= 0.6 is 11.6 Å². The molecule has 3 rings (SSSR count). The van der Waals surface area contributed by atoms with E-state index in [1.165, 1.54) is 0 Å². The second-order valence-corrected chi connectivity index (χ2v) is 7.41. The van der Waals surface area contributed by atoms with Crippen molar-refractivity contribution in [3.63, 3.8) is 0 Å². The third-order valence-electron chi connectivity index (χ3n) is 4.87. The smallest absolute Gasteiger partial charge is 0.399 e. The topological polar surface area (TPSA) is 54.8 Å². The zero-order chi connectivity index (χ0) is 16.1. The maximum Gasteiger partial charge on any atom is 0.496 e. The van der Waals surface area contributed by atoms with Crippen LogP contribution in [0.15, 0.2) is 12.3 Å². The third-order valence-corrected chi connectivity index (χ3v) is 5.16. The zero-order valence-corrected chi connectivity index (χ0v) is 14.2. The molecule has 1 aromatic heterocycles. The summed E-state index contributed by atoms with van der Waals surface area (Å²) in [6.07, 6.45) is 2.13. The van der Waals surface area contributed by atoms with Crippen LogP contribution in [0.2, 0.25) is 5.15 Å². The first kappa shape index (κ1) is 16.1. The number of rotatable bonds is 2. The molecule has 0 amide bonds. The number of pyridine rings is 1. The van der Waals surface area contributed by atoms with Gasteiger partial charge < -0.3 is 19.3 Å². The molecule has 7 heteroatoms. The fraction of sp³-hybridized carbons (Fsp3) is 0.667. The van der Waals surface area contributed by atoms with Crippen molar-refractivity contribution in [2.24, 2.45) is 0 Å². The second kappa shape index (κ2) is 5.37. The summed E-state index contributed by atoms with van der Waals surface area (Å²) in [7, 11) is -0.457. The second-order valence-electron chi connectivity index (χ2n) is 7.06. The van der Waals surface area contributed by atoms with Crippen LogP contribution in [0.25, 0.3) is 0 Å². The summed E-state index contributed by atoms with van der Waals surface area (Å²) in [4.78, 5) is 6.32. The number of nitrogens with zero attached hydrogens (tertiary/aromatic N) is 2. The van der Waals surface area contributed by atoms with Crippen LogP contribution in [-0.4, -0.2) is 47.6 Å². The maximum atomic E-state index is 9.72. The molecule has 1 atom stereocenters. The van der Waals surface area contributed by atoms with Crippen molar-refractivity contribution in [2.45, 2.75) is 51.4 Å². The standard InChI is InChI=1S/C15H22BClN2O3/c1-14(2)15(3,4)22-16(21-14)10-7-12(13(17)18-8-10)19-6-5-11(20)9-19/h7-8,11,20H,5-6,9H2,1-4H3. The molecule has 0 spiro atoms. The van der Waals surface area contributed by atoms with Gasteiger partial charge in [0.2, 0.25) is 0 Å². The largest absolute Gasteiger partial charge is 0.496 e. The molecule has 3 heterocycles. The van der Waals surface area contributed by atoms with E-state index in [4.69, 9.17) is 20.9 Å². The average molecular weight is 325 g/mol. The maximum absolute atomic E-state index is 9.72. The number of aliphatic hydroxyl groups is 1. The van der Waals surface area contributed by atoms with Gasteiger partial charge in [0, 0.05) is 24.7 Å². The van der Waals surface area contributed by atoms with Crippen LogP contribution in [0.3, 0.4) is 0 Å². The summed E-state index contributed by atoms with van der Waals surface area (Å²) >= 11 is 6.23. The molecular formula is C15H22BClN2O3. The Bertz CT molecular complexity index is 566. The lowest BCUT2D eigenvalue weighted by Crippen LogP contribution is -2.41. The van der Waals surface area contributed by atoms with E-state index in [9.17, 15) is 5.11 Å². The number of hydrogen-bond donors (Lipinski definition) is 1. The molecule has 1 aromatic rings. The van der Waals surface area contributed by atoms with Gasteiger partial charge in [0.15, 0.2) is 5.15 Å². The van der Waals surface area contributed by atoms with Gasteiger partial charge in [-0.25, -0.2) is 4.98 Å². The van der Waals surface area contributed by atoms with Crippen molar-refractivity contribution >= 4 is 29.9 Å². The summed E-state index contributed by atoms with van der Waals surface area (Å²) in [5.41, 5.74) is 0.896. The van der Waals surface area contributed by atoms with E-state index in [-0.39, 0.29) is 17.3 Å². The summed E-state index contributed by atoms with van der Waals surface area (Å²) in [5.74, 6) is 0. The molecule has 2 saturated heterocycles. The highest BCUT2D eigenvalue weighted by Gasteiger charge is 2.52. The number of β-amino-alcohol motifs (C(OH)–C–C–N with tert-alkyl or cyclic N) is 1. The van der Waals surface area contributed by atoms with E-state index in [1.54, 1.807) is 6.20 Å². The Labute approximate surface area is 136 Å². The van der Waals surface area contributed by atoms with Crippen LogP contribution in [0.1, 0.15) is 34.1 Å². The van der Waals surface area contributed by atoms with Crippen LogP contribution in [-0.2, 0) is 9.31 Å². The predicted molar refractivity (Wildman–Crippen MR) is 87.8 cm³/mol. The minimum absolute atomic E-state index is 0.309. The Kier molecular flexibility index (Phi) is 3.92. The first-order valence-electron chi connectivity index (χ1n) is 7.64. The number of halogens is 1. The molecule has 22 heavy (non-hydrogen) atoms. The zero-order valence-electron chi connectivity index (χ0n) is 13.5. The van der Waals surface area contributed by atoms with Gasteiger partial charge in [0.05, 0.1) is 23.0 Å². The monoisotopic (exact) mass is 324 g/mol. The summed E-state index contributed by atoms with van der Waals surface area (Å²) in [6, 6.07) is 1.95. The fourth-order valence-corrected chi connectivity index (χ4v) is 2.97. The van der Waals surface area contributed by atoms with E-state index in [2.05, 4.69) is 9.88 Å². The van der Waals surface area contributed by atoms with E-state index < -0.39 is 7.12 Å². The van der Waals surface area contributed by atoms with Crippen molar-refractivity contribution in [3.8, 4) is 0 Å². The molecule has 0 aromatic carbocycles. The van der Waals surface area contributed by atoms with Crippen molar-refractivity contribution in [1.82, 2.24) is 4.98 Å². The number of anilines is 1. The lowest BCUT2D eigenvalue weighted by molar-refractivity contribution is 0.00578. The van der Waals surface area contributed by atoms with Gasteiger partial charge in [0.1, 0.15) is 0 Å². The van der Waals surface area contributed by atoms with Crippen molar-refractivity contribution in [1.29, 1.82) is 0 Å². The molecule has 0 aliphatic carbocycles. The van der Waals surface area contributed by atoms with Crippen molar-refractivity contribution < 1.29 is 14.4 Å². The summed E-state index contributed by atoms with van der Waals surface area (Å²) in [6.45, 7) is 9.44. The molecule has 2 fully saturated rings. The third kappa shape index (κ3) is 2.73. The lowest BCUT2D eigenvalue weighted by atomic mass is 9.80. The molecule has 1 N–H and O–H groups in total. The molecule has 0 saturated carbocycles. The molecule has 1 unspecified atom stereocenters. The summed E-state index contributed by atoms with van der Waals surface area (Å²) in [5, 5.41) is 10.2. The van der Waals surface area contributed by atoms with E-state index in [0.717, 1.165) is 24.1 Å². The first-order chi connectivity index (χ1) is 10.2. The normalized spacial score (nSPS) is 26.7. The van der Waals surface area contributed by atoms with Gasteiger partial charge in [-0.05, 0) is 40.2 Å². The molecule has 5 nitrogen and oxygen atoms in total. The quantitative estimate of drug-likeness (QED) is 0.661. The van der Waals surface area contributed by atoms with Gasteiger partial charge in [-0.2, -0.15) is 0 Å². The highest BCUT2D eigenvalue weighted by atomic mass is 35.5. The van der Waals surface area contributed by atoms with E-state index in [0.29, 0.717) is 11.7 Å². The molecule has 0 radical (unpaired) electrons. The molecule has 2 aliphatic rings. The first-order valence-corrected chi connectivity index (χ1v) is 8.01. The number of hydrogen-bond acceptors (Lipinski definition) is 5.